The number of unbranched alkanes of at least 4 members (excludes halogenated alkanes) is 1. The third-order valence-electron chi connectivity index (χ3n) is 2.39. The zero-order valence-corrected chi connectivity index (χ0v) is 11.3. The van der Waals surface area contributed by atoms with E-state index in [2.05, 4.69) is 5.32 Å². The largest absolute Gasteiger partial charge is 0.355 e. The summed E-state index contributed by atoms with van der Waals surface area (Å²) >= 11 is 0. The molecule has 1 aromatic carbocycles. The van der Waals surface area contributed by atoms with E-state index in [-0.39, 0.29) is 23.2 Å². The molecule has 1 atom stereocenters. The molecule has 0 aromatic heterocycles. The summed E-state index contributed by atoms with van der Waals surface area (Å²) < 4.78 is 24.4. The number of rotatable bonds is 7. The van der Waals surface area contributed by atoms with Crippen molar-refractivity contribution in [2.24, 2.45) is 0 Å². The van der Waals surface area contributed by atoms with Crippen LogP contribution in [0.5, 0.6) is 0 Å². The van der Waals surface area contributed by atoms with Gasteiger partial charge in [0.2, 0.25) is 5.91 Å². The van der Waals surface area contributed by atoms with E-state index < -0.39 is 10.8 Å². The molecule has 0 radical (unpaired) electrons. The number of nitrogens with one attached hydrogen (secondary N) is 1. The number of halogens is 1. The summed E-state index contributed by atoms with van der Waals surface area (Å²) in [4.78, 5) is 11.4. The Labute approximate surface area is 109 Å². The molecule has 0 fully saturated rings. The van der Waals surface area contributed by atoms with Crippen LogP contribution in [-0.2, 0) is 21.3 Å². The van der Waals surface area contributed by atoms with E-state index in [1.165, 1.54) is 12.1 Å². The molecule has 1 rings (SSSR count). The zero-order chi connectivity index (χ0) is 13.4. The number of carbonyl (C=O) groups excluding carboxylic acids is 1. The Morgan fingerprint density at radius 2 is 2.00 bits per heavy atom. The Bertz CT molecular complexity index is 406. The van der Waals surface area contributed by atoms with Gasteiger partial charge >= 0.3 is 0 Å². The van der Waals surface area contributed by atoms with Crippen LogP contribution in [0.3, 0.4) is 0 Å². The lowest BCUT2D eigenvalue weighted by Gasteiger charge is -2.04. The smallest absolute Gasteiger partial charge is 0.232 e. The third kappa shape index (κ3) is 5.91. The van der Waals surface area contributed by atoms with Crippen LogP contribution in [0.25, 0.3) is 0 Å². The zero-order valence-electron chi connectivity index (χ0n) is 10.4. The highest BCUT2D eigenvalue weighted by molar-refractivity contribution is 7.84. The minimum Gasteiger partial charge on any atom is -0.355 e. The van der Waals surface area contributed by atoms with E-state index in [0.29, 0.717) is 6.54 Å². The van der Waals surface area contributed by atoms with E-state index in [4.69, 9.17) is 0 Å². The molecule has 1 N–H and O–H groups in total. The van der Waals surface area contributed by atoms with E-state index in [1.807, 2.05) is 6.92 Å². The topological polar surface area (TPSA) is 46.2 Å². The molecule has 0 aliphatic heterocycles. The Kier molecular flexibility index (Phi) is 6.57. The van der Waals surface area contributed by atoms with Gasteiger partial charge in [0.05, 0.1) is 0 Å². The summed E-state index contributed by atoms with van der Waals surface area (Å²) in [6, 6.07) is 5.83. The average Bonchev–Trinajstić information content (AvgIpc) is 2.32. The third-order valence-corrected chi connectivity index (χ3v) is 3.62. The molecule has 0 aliphatic rings. The number of hydrogen-bond acceptors (Lipinski definition) is 2. The molecule has 1 amide bonds. The van der Waals surface area contributed by atoms with Crippen molar-refractivity contribution in [3.8, 4) is 0 Å². The fourth-order valence-electron chi connectivity index (χ4n) is 1.42. The molecule has 0 spiro atoms. The predicted molar refractivity (Wildman–Crippen MR) is 71.0 cm³/mol. The van der Waals surface area contributed by atoms with Crippen LogP contribution < -0.4 is 5.32 Å². The van der Waals surface area contributed by atoms with Crippen LogP contribution in [0.15, 0.2) is 24.3 Å². The molecule has 5 heteroatoms. The van der Waals surface area contributed by atoms with Crippen molar-refractivity contribution < 1.29 is 13.4 Å². The molecule has 0 heterocycles. The lowest BCUT2D eigenvalue weighted by Crippen LogP contribution is -2.29. The lowest BCUT2D eigenvalue weighted by atomic mass is 10.2. The SMILES string of the molecule is CCCCNC(=O)CS(=O)Cc1ccc(F)cc1. The maximum absolute atomic E-state index is 12.7. The second-order valence-corrected chi connectivity index (χ2v) is 5.52. The summed E-state index contributed by atoms with van der Waals surface area (Å²) in [5.74, 6) is -0.228. The quantitative estimate of drug-likeness (QED) is 0.771. The van der Waals surface area contributed by atoms with Crippen molar-refractivity contribution in [2.75, 3.05) is 12.3 Å². The van der Waals surface area contributed by atoms with Crippen LogP contribution in [0.4, 0.5) is 4.39 Å². The first-order valence-electron chi connectivity index (χ1n) is 5.98. The first-order chi connectivity index (χ1) is 8.61. The van der Waals surface area contributed by atoms with E-state index >= 15 is 0 Å². The van der Waals surface area contributed by atoms with Crippen molar-refractivity contribution in [3.63, 3.8) is 0 Å². The van der Waals surface area contributed by atoms with Gasteiger partial charge in [-0.2, -0.15) is 0 Å². The Balaban J connectivity index is 2.32. The number of hydrogen-bond donors (Lipinski definition) is 1. The van der Waals surface area contributed by atoms with Crippen LogP contribution in [0, 0.1) is 5.82 Å². The number of carbonyl (C=O) groups is 1. The van der Waals surface area contributed by atoms with Gasteiger partial charge in [0.15, 0.2) is 0 Å². The predicted octanol–water partition coefficient (Wildman–Crippen LogP) is 1.99. The highest BCUT2D eigenvalue weighted by Crippen LogP contribution is 2.05. The van der Waals surface area contributed by atoms with Gasteiger partial charge in [-0.1, -0.05) is 25.5 Å². The highest BCUT2D eigenvalue weighted by atomic mass is 32.2. The second-order valence-electron chi connectivity index (χ2n) is 4.06. The van der Waals surface area contributed by atoms with Gasteiger partial charge < -0.3 is 5.32 Å². The van der Waals surface area contributed by atoms with Crippen molar-refractivity contribution in [2.45, 2.75) is 25.5 Å². The monoisotopic (exact) mass is 271 g/mol. The van der Waals surface area contributed by atoms with Crippen molar-refractivity contribution in [3.05, 3.63) is 35.6 Å². The lowest BCUT2D eigenvalue weighted by molar-refractivity contribution is -0.118. The standard InChI is InChI=1S/C13H18FNO2S/c1-2-3-8-15-13(16)10-18(17)9-11-4-6-12(14)7-5-11/h4-7H,2-3,8-10H2,1H3,(H,15,16). The molecule has 0 bridgehead atoms. The number of amides is 1. The second kappa shape index (κ2) is 7.97. The molecule has 0 saturated carbocycles. The number of benzene rings is 1. The molecule has 18 heavy (non-hydrogen) atoms. The first kappa shape index (κ1) is 14.8. The molecule has 100 valence electrons. The Morgan fingerprint density at radius 3 is 2.61 bits per heavy atom. The molecular formula is C13H18FNO2S. The first-order valence-corrected chi connectivity index (χ1v) is 7.46. The summed E-state index contributed by atoms with van der Waals surface area (Å²) in [5.41, 5.74) is 0.774. The van der Waals surface area contributed by atoms with Crippen molar-refractivity contribution in [1.82, 2.24) is 5.32 Å². The Hall–Kier alpha value is -1.23. The van der Waals surface area contributed by atoms with Crippen LogP contribution >= 0.6 is 0 Å². The normalized spacial score (nSPS) is 12.1. The summed E-state index contributed by atoms with van der Waals surface area (Å²) in [5, 5.41) is 2.72. The summed E-state index contributed by atoms with van der Waals surface area (Å²) in [6.07, 6.45) is 1.94. The minimum absolute atomic E-state index is 0.00108. The van der Waals surface area contributed by atoms with Crippen molar-refractivity contribution in [1.29, 1.82) is 0 Å². The highest BCUT2D eigenvalue weighted by Gasteiger charge is 2.08. The molecule has 1 unspecified atom stereocenters. The average molecular weight is 271 g/mol. The van der Waals surface area contributed by atoms with Gasteiger partial charge in [-0.15, -0.1) is 0 Å². The van der Waals surface area contributed by atoms with Crippen molar-refractivity contribution >= 4 is 16.7 Å². The van der Waals surface area contributed by atoms with Crippen LogP contribution in [0.2, 0.25) is 0 Å². The van der Waals surface area contributed by atoms with E-state index in [0.717, 1.165) is 18.4 Å². The van der Waals surface area contributed by atoms with Gasteiger partial charge in [0.25, 0.3) is 0 Å². The summed E-state index contributed by atoms with van der Waals surface area (Å²) in [7, 11) is -1.25. The molecule has 0 aliphatic carbocycles. The maximum atomic E-state index is 12.7. The van der Waals surface area contributed by atoms with Gasteiger partial charge in [-0.25, -0.2) is 4.39 Å². The van der Waals surface area contributed by atoms with Crippen LogP contribution in [-0.4, -0.2) is 22.4 Å². The van der Waals surface area contributed by atoms with Gasteiger partial charge in [-0.3, -0.25) is 9.00 Å². The van der Waals surface area contributed by atoms with E-state index in [1.54, 1.807) is 12.1 Å². The van der Waals surface area contributed by atoms with Crippen LogP contribution in [0.1, 0.15) is 25.3 Å². The summed E-state index contributed by atoms with van der Waals surface area (Å²) in [6.45, 7) is 2.67. The minimum atomic E-state index is -1.25. The molecule has 3 nitrogen and oxygen atoms in total. The van der Waals surface area contributed by atoms with Gasteiger partial charge in [-0.05, 0) is 24.1 Å². The molecular weight excluding hydrogens is 253 g/mol. The van der Waals surface area contributed by atoms with Gasteiger partial charge in [0.1, 0.15) is 11.6 Å². The Morgan fingerprint density at radius 1 is 1.33 bits per heavy atom. The molecule has 0 saturated heterocycles. The fraction of sp³-hybridized carbons (Fsp3) is 0.462. The molecule has 1 aromatic rings. The maximum Gasteiger partial charge on any atom is 0.232 e. The van der Waals surface area contributed by atoms with Gasteiger partial charge in [0, 0.05) is 23.1 Å². The van der Waals surface area contributed by atoms with E-state index in [9.17, 15) is 13.4 Å². The fourth-order valence-corrected chi connectivity index (χ4v) is 2.48.